The van der Waals surface area contributed by atoms with Crippen molar-refractivity contribution in [3.8, 4) is 17.3 Å². The molecule has 3 heterocycles. The fourth-order valence-corrected chi connectivity index (χ4v) is 4.83. The van der Waals surface area contributed by atoms with E-state index in [-0.39, 0.29) is 0 Å². The molecule has 0 spiro atoms. The van der Waals surface area contributed by atoms with Gasteiger partial charge in [-0.05, 0) is 65.9 Å². The zero-order chi connectivity index (χ0) is 22.2. The summed E-state index contributed by atoms with van der Waals surface area (Å²) < 4.78 is 3.16. The number of aryl methyl sites for hydroxylation is 2. The standard InChI is InChI=1S/C25H26BrN5/c1-5-6-20-30-22-16(2)11-12-28-24(22)31(20)14-17-7-9-18(10-8-17)23-21(19(26)13-29-23)25(3,4)15-27/h7-13,29H,5-6,14H2,1-4H3. The second kappa shape index (κ2) is 8.32. The number of rotatable bonds is 6. The lowest BCUT2D eigenvalue weighted by atomic mass is 9.85. The average Bonchev–Trinajstić information content (AvgIpc) is 3.31. The molecule has 0 aliphatic carbocycles. The largest absolute Gasteiger partial charge is 0.360 e. The van der Waals surface area contributed by atoms with E-state index in [4.69, 9.17) is 4.98 Å². The lowest BCUT2D eigenvalue weighted by molar-refractivity contribution is 0.687. The number of nitriles is 1. The van der Waals surface area contributed by atoms with Crippen molar-refractivity contribution in [3.63, 3.8) is 0 Å². The number of nitrogens with one attached hydrogen (secondary N) is 1. The minimum atomic E-state index is -0.596. The zero-order valence-electron chi connectivity index (χ0n) is 18.3. The molecule has 158 valence electrons. The summed E-state index contributed by atoms with van der Waals surface area (Å²) in [4.78, 5) is 12.8. The summed E-state index contributed by atoms with van der Waals surface area (Å²) in [6, 6.07) is 12.9. The van der Waals surface area contributed by atoms with Crippen molar-refractivity contribution in [2.45, 2.75) is 52.5 Å². The van der Waals surface area contributed by atoms with Gasteiger partial charge in [0.1, 0.15) is 11.3 Å². The number of aromatic nitrogens is 4. The van der Waals surface area contributed by atoms with E-state index >= 15 is 0 Å². The molecule has 0 bridgehead atoms. The first-order valence-electron chi connectivity index (χ1n) is 10.5. The van der Waals surface area contributed by atoms with Gasteiger partial charge in [-0.25, -0.2) is 9.97 Å². The maximum Gasteiger partial charge on any atom is 0.160 e. The molecule has 4 aromatic rings. The molecule has 5 nitrogen and oxygen atoms in total. The smallest absolute Gasteiger partial charge is 0.160 e. The highest BCUT2D eigenvalue weighted by Gasteiger charge is 2.28. The number of pyridine rings is 1. The van der Waals surface area contributed by atoms with Crippen molar-refractivity contribution < 1.29 is 0 Å². The molecular formula is C25H26BrN5. The van der Waals surface area contributed by atoms with Crippen LogP contribution in [0.2, 0.25) is 0 Å². The van der Waals surface area contributed by atoms with E-state index in [9.17, 15) is 5.26 Å². The number of H-pyrrole nitrogens is 1. The van der Waals surface area contributed by atoms with Crippen LogP contribution in [0, 0.1) is 18.3 Å². The van der Waals surface area contributed by atoms with Crippen LogP contribution < -0.4 is 0 Å². The Morgan fingerprint density at radius 2 is 1.94 bits per heavy atom. The Labute approximate surface area is 191 Å². The van der Waals surface area contributed by atoms with Gasteiger partial charge in [-0.2, -0.15) is 5.26 Å². The molecule has 1 N–H and O–H groups in total. The van der Waals surface area contributed by atoms with Crippen LogP contribution in [0.5, 0.6) is 0 Å². The highest BCUT2D eigenvalue weighted by atomic mass is 79.9. The van der Waals surface area contributed by atoms with E-state index in [1.807, 2.05) is 32.3 Å². The van der Waals surface area contributed by atoms with E-state index in [0.29, 0.717) is 0 Å². The maximum atomic E-state index is 9.63. The van der Waals surface area contributed by atoms with Crippen LogP contribution in [0.15, 0.2) is 47.2 Å². The molecular weight excluding hydrogens is 450 g/mol. The summed E-state index contributed by atoms with van der Waals surface area (Å²) in [6.07, 6.45) is 5.73. The third kappa shape index (κ3) is 3.90. The summed E-state index contributed by atoms with van der Waals surface area (Å²) in [5.74, 6) is 1.08. The highest BCUT2D eigenvalue weighted by Crippen LogP contribution is 2.38. The number of aromatic amines is 1. The van der Waals surface area contributed by atoms with Crippen molar-refractivity contribution in [1.82, 2.24) is 19.5 Å². The number of benzene rings is 1. The highest BCUT2D eigenvalue weighted by molar-refractivity contribution is 9.10. The molecule has 0 fully saturated rings. The quantitative estimate of drug-likeness (QED) is 0.355. The van der Waals surface area contributed by atoms with Crippen molar-refractivity contribution in [2.75, 3.05) is 0 Å². The number of hydrogen-bond donors (Lipinski definition) is 1. The fourth-order valence-electron chi connectivity index (χ4n) is 4.02. The average molecular weight is 476 g/mol. The predicted molar refractivity (Wildman–Crippen MR) is 128 cm³/mol. The maximum absolute atomic E-state index is 9.63. The van der Waals surface area contributed by atoms with E-state index in [1.165, 1.54) is 5.56 Å². The number of hydrogen-bond acceptors (Lipinski definition) is 3. The van der Waals surface area contributed by atoms with Gasteiger partial charge in [0.15, 0.2) is 5.65 Å². The Morgan fingerprint density at radius 3 is 2.61 bits per heavy atom. The summed E-state index contributed by atoms with van der Waals surface area (Å²) in [5.41, 5.74) is 6.69. The van der Waals surface area contributed by atoms with Gasteiger partial charge in [-0.15, -0.1) is 0 Å². The Balaban J connectivity index is 1.70. The molecule has 6 heteroatoms. The van der Waals surface area contributed by atoms with E-state index < -0.39 is 5.41 Å². The molecule has 3 aromatic heterocycles. The first-order valence-corrected chi connectivity index (χ1v) is 11.3. The molecule has 0 aliphatic heterocycles. The number of imidazole rings is 1. The first kappa shape index (κ1) is 21.3. The second-order valence-electron chi connectivity index (χ2n) is 8.48. The van der Waals surface area contributed by atoms with E-state index in [1.54, 1.807) is 0 Å². The molecule has 4 rings (SSSR count). The first-order chi connectivity index (χ1) is 14.9. The van der Waals surface area contributed by atoms with Crippen LogP contribution in [0.3, 0.4) is 0 Å². The van der Waals surface area contributed by atoms with Crippen LogP contribution in [-0.2, 0) is 18.4 Å². The van der Waals surface area contributed by atoms with E-state index in [0.717, 1.165) is 63.2 Å². The van der Waals surface area contributed by atoms with Crippen molar-refractivity contribution in [2.24, 2.45) is 0 Å². The third-order valence-electron chi connectivity index (χ3n) is 5.71. The van der Waals surface area contributed by atoms with Gasteiger partial charge in [0.2, 0.25) is 0 Å². The van der Waals surface area contributed by atoms with Gasteiger partial charge in [0.25, 0.3) is 0 Å². The van der Waals surface area contributed by atoms with Gasteiger partial charge >= 0.3 is 0 Å². The van der Waals surface area contributed by atoms with Gasteiger partial charge in [-0.1, -0.05) is 31.2 Å². The van der Waals surface area contributed by atoms with Crippen molar-refractivity contribution >= 4 is 27.1 Å². The van der Waals surface area contributed by atoms with Crippen molar-refractivity contribution in [3.05, 3.63) is 69.7 Å². The summed E-state index contributed by atoms with van der Waals surface area (Å²) >= 11 is 3.60. The van der Waals surface area contributed by atoms with Crippen molar-refractivity contribution in [1.29, 1.82) is 5.26 Å². The van der Waals surface area contributed by atoms with Crippen LogP contribution in [0.4, 0.5) is 0 Å². The number of nitrogens with zero attached hydrogens (tertiary/aromatic N) is 4. The Morgan fingerprint density at radius 1 is 1.19 bits per heavy atom. The Bertz CT molecular complexity index is 1270. The minimum Gasteiger partial charge on any atom is -0.360 e. The second-order valence-corrected chi connectivity index (χ2v) is 9.34. The SMILES string of the molecule is CCCc1nc2c(C)ccnc2n1Cc1ccc(-c2[nH]cc(Br)c2C(C)(C)C#N)cc1. The predicted octanol–water partition coefficient (Wildman–Crippen LogP) is 6.30. The van der Waals surface area contributed by atoms with E-state index in [2.05, 4.69) is 74.6 Å². The van der Waals surface area contributed by atoms with Crippen LogP contribution in [-0.4, -0.2) is 19.5 Å². The number of fused-ring (bicyclic) bond motifs is 1. The monoisotopic (exact) mass is 475 g/mol. The minimum absolute atomic E-state index is 0.596. The molecule has 0 radical (unpaired) electrons. The van der Waals surface area contributed by atoms with Gasteiger partial charge < -0.3 is 9.55 Å². The zero-order valence-corrected chi connectivity index (χ0v) is 19.9. The summed E-state index contributed by atoms with van der Waals surface area (Å²) in [6.45, 7) is 8.86. The molecule has 0 atom stereocenters. The van der Waals surface area contributed by atoms with Gasteiger partial charge in [0, 0.05) is 28.9 Å². The molecule has 0 saturated heterocycles. The lowest BCUT2D eigenvalue weighted by Crippen LogP contribution is -2.14. The summed E-state index contributed by atoms with van der Waals surface area (Å²) in [5, 5.41) is 9.63. The Hall–Kier alpha value is -2.91. The molecule has 1 aromatic carbocycles. The number of halogens is 1. The molecule has 0 aliphatic rings. The fraction of sp³-hybridized carbons (Fsp3) is 0.320. The topological polar surface area (TPSA) is 70.3 Å². The molecule has 0 saturated carbocycles. The Kier molecular flexibility index (Phi) is 5.72. The summed E-state index contributed by atoms with van der Waals surface area (Å²) in [7, 11) is 0. The van der Waals surface area contributed by atoms with Gasteiger partial charge in [0.05, 0.1) is 23.7 Å². The lowest BCUT2D eigenvalue weighted by Gasteiger charge is -2.18. The molecule has 0 unspecified atom stereocenters. The van der Waals surface area contributed by atoms with Crippen LogP contribution in [0.1, 0.15) is 49.7 Å². The molecule has 31 heavy (non-hydrogen) atoms. The normalized spacial score (nSPS) is 11.7. The van der Waals surface area contributed by atoms with Crippen LogP contribution >= 0.6 is 15.9 Å². The molecule has 0 amide bonds. The van der Waals surface area contributed by atoms with Crippen LogP contribution in [0.25, 0.3) is 22.4 Å². The van der Waals surface area contributed by atoms with Gasteiger partial charge in [-0.3, -0.25) is 0 Å². The third-order valence-corrected chi connectivity index (χ3v) is 6.33.